The Hall–Kier alpha value is -1.51. The van der Waals surface area contributed by atoms with Gasteiger partial charge in [0, 0.05) is 12.0 Å². The standard InChI is InChI=1S/C15H21NO2/c1-2-15(8-3-4-9-15)14(18)16-11-12-6-5-7-13(17)10-12/h5-7,10,17H,2-4,8-9,11H2,1H3,(H,16,18). The van der Waals surface area contributed by atoms with Crippen molar-refractivity contribution < 1.29 is 9.90 Å². The van der Waals surface area contributed by atoms with Crippen LogP contribution < -0.4 is 5.32 Å². The van der Waals surface area contributed by atoms with Crippen LogP contribution in [0.3, 0.4) is 0 Å². The summed E-state index contributed by atoms with van der Waals surface area (Å²) in [5.74, 6) is 0.415. The summed E-state index contributed by atoms with van der Waals surface area (Å²) in [5, 5.41) is 12.4. The average Bonchev–Trinajstić information content (AvgIpc) is 2.86. The Kier molecular flexibility index (Phi) is 3.90. The molecule has 0 bridgehead atoms. The Bertz CT molecular complexity index is 422. The van der Waals surface area contributed by atoms with Crippen LogP contribution in [0.4, 0.5) is 0 Å². The number of phenols is 1. The number of phenolic OH excluding ortho intramolecular Hbond substituents is 1. The lowest BCUT2D eigenvalue weighted by Gasteiger charge is -2.26. The number of carbonyl (C=O) groups is 1. The number of amides is 1. The van der Waals surface area contributed by atoms with E-state index in [1.165, 1.54) is 0 Å². The van der Waals surface area contributed by atoms with Crippen molar-refractivity contribution in [1.82, 2.24) is 5.32 Å². The zero-order chi connectivity index (χ0) is 13.0. The highest BCUT2D eigenvalue weighted by atomic mass is 16.3. The molecule has 0 radical (unpaired) electrons. The highest BCUT2D eigenvalue weighted by Gasteiger charge is 2.38. The van der Waals surface area contributed by atoms with Crippen LogP contribution in [-0.2, 0) is 11.3 Å². The molecule has 0 unspecified atom stereocenters. The second kappa shape index (κ2) is 5.42. The third-order valence-electron chi connectivity index (χ3n) is 4.08. The Morgan fingerprint density at radius 3 is 2.72 bits per heavy atom. The predicted molar refractivity (Wildman–Crippen MR) is 71.1 cm³/mol. The van der Waals surface area contributed by atoms with Gasteiger partial charge in [-0.25, -0.2) is 0 Å². The Labute approximate surface area is 108 Å². The summed E-state index contributed by atoms with van der Waals surface area (Å²) in [5.41, 5.74) is 0.796. The molecule has 0 spiro atoms. The van der Waals surface area contributed by atoms with Gasteiger partial charge in [-0.3, -0.25) is 4.79 Å². The van der Waals surface area contributed by atoms with Crippen molar-refractivity contribution in [3.8, 4) is 5.75 Å². The molecule has 3 heteroatoms. The van der Waals surface area contributed by atoms with Crippen LogP contribution >= 0.6 is 0 Å². The normalized spacial score (nSPS) is 17.6. The van der Waals surface area contributed by atoms with Gasteiger partial charge in [-0.1, -0.05) is 31.9 Å². The number of aromatic hydroxyl groups is 1. The van der Waals surface area contributed by atoms with Crippen LogP contribution in [0.5, 0.6) is 5.75 Å². The Balaban J connectivity index is 1.95. The number of rotatable bonds is 4. The smallest absolute Gasteiger partial charge is 0.226 e. The maximum absolute atomic E-state index is 12.3. The molecule has 1 fully saturated rings. The summed E-state index contributed by atoms with van der Waals surface area (Å²) in [7, 11) is 0. The fourth-order valence-electron chi connectivity index (χ4n) is 2.83. The second-order valence-corrected chi connectivity index (χ2v) is 5.19. The first kappa shape index (κ1) is 12.9. The lowest BCUT2D eigenvalue weighted by molar-refractivity contribution is -0.131. The van der Waals surface area contributed by atoms with Gasteiger partial charge in [0.05, 0.1) is 0 Å². The number of nitrogens with one attached hydrogen (secondary N) is 1. The molecule has 1 aromatic rings. The first-order valence-electron chi connectivity index (χ1n) is 6.72. The molecule has 18 heavy (non-hydrogen) atoms. The molecule has 3 nitrogen and oxygen atoms in total. The van der Waals surface area contributed by atoms with Crippen molar-refractivity contribution in [1.29, 1.82) is 0 Å². The minimum Gasteiger partial charge on any atom is -0.508 e. The molecule has 2 rings (SSSR count). The largest absolute Gasteiger partial charge is 0.508 e. The summed E-state index contributed by atoms with van der Waals surface area (Å²) < 4.78 is 0. The van der Waals surface area contributed by atoms with E-state index in [4.69, 9.17) is 0 Å². The van der Waals surface area contributed by atoms with E-state index in [-0.39, 0.29) is 17.1 Å². The first-order valence-corrected chi connectivity index (χ1v) is 6.72. The maximum Gasteiger partial charge on any atom is 0.226 e. The van der Waals surface area contributed by atoms with Crippen LogP contribution in [0.2, 0.25) is 0 Å². The molecule has 0 atom stereocenters. The van der Waals surface area contributed by atoms with Crippen LogP contribution in [0, 0.1) is 5.41 Å². The molecule has 1 aliphatic carbocycles. The van der Waals surface area contributed by atoms with Crippen molar-refractivity contribution in [3.63, 3.8) is 0 Å². The molecule has 1 aromatic carbocycles. The van der Waals surface area contributed by atoms with E-state index in [0.29, 0.717) is 6.54 Å². The van der Waals surface area contributed by atoms with E-state index in [0.717, 1.165) is 37.7 Å². The van der Waals surface area contributed by atoms with Gasteiger partial charge in [0.1, 0.15) is 5.75 Å². The van der Waals surface area contributed by atoms with E-state index in [2.05, 4.69) is 12.2 Å². The van der Waals surface area contributed by atoms with Gasteiger partial charge in [-0.2, -0.15) is 0 Å². The third-order valence-corrected chi connectivity index (χ3v) is 4.08. The van der Waals surface area contributed by atoms with Crippen molar-refractivity contribution >= 4 is 5.91 Å². The number of hydrogen-bond acceptors (Lipinski definition) is 2. The van der Waals surface area contributed by atoms with Gasteiger partial charge in [0.2, 0.25) is 5.91 Å². The predicted octanol–water partition coefficient (Wildman–Crippen LogP) is 2.98. The van der Waals surface area contributed by atoms with E-state index in [9.17, 15) is 9.90 Å². The lowest BCUT2D eigenvalue weighted by atomic mass is 9.82. The van der Waals surface area contributed by atoms with Crippen molar-refractivity contribution in [3.05, 3.63) is 29.8 Å². The highest BCUT2D eigenvalue weighted by Crippen LogP contribution is 2.41. The highest BCUT2D eigenvalue weighted by molar-refractivity contribution is 5.82. The third kappa shape index (κ3) is 2.66. The van der Waals surface area contributed by atoms with Crippen LogP contribution in [0.1, 0.15) is 44.6 Å². The van der Waals surface area contributed by atoms with Gasteiger partial charge < -0.3 is 10.4 Å². The number of benzene rings is 1. The molecule has 0 aromatic heterocycles. The maximum atomic E-state index is 12.3. The second-order valence-electron chi connectivity index (χ2n) is 5.19. The summed E-state index contributed by atoms with van der Waals surface area (Å²) in [6.07, 6.45) is 5.25. The fourth-order valence-corrected chi connectivity index (χ4v) is 2.83. The van der Waals surface area contributed by atoms with Crippen molar-refractivity contribution in [2.24, 2.45) is 5.41 Å². The fraction of sp³-hybridized carbons (Fsp3) is 0.533. The van der Waals surface area contributed by atoms with E-state index in [1.807, 2.05) is 6.07 Å². The van der Waals surface area contributed by atoms with Crippen molar-refractivity contribution in [2.75, 3.05) is 0 Å². The van der Waals surface area contributed by atoms with Gasteiger partial charge in [0.25, 0.3) is 0 Å². The molecule has 0 aliphatic heterocycles. The van der Waals surface area contributed by atoms with Gasteiger partial charge in [0.15, 0.2) is 0 Å². The quantitative estimate of drug-likeness (QED) is 0.859. The molecule has 0 saturated heterocycles. The SMILES string of the molecule is CCC1(C(=O)NCc2cccc(O)c2)CCCC1. The van der Waals surface area contributed by atoms with E-state index < -0.39 is 0 Å². The summed E-state index contributed by atoms with van der Waals surface area (Å²) in [6, 6.07) is 7.03. The summed E-state index contributed by atoms with van der Waals surface area (Å²) >= 11 is 0. The monoisotopic (exact) mass is 247 g/mol. The average molecular weight is 247 g/mol. The minimum atomic E-state index is -0.142. The molecule has 98 valence electrons. The topological polar surface area (TPSA) is 49.3 Å². The Morgan fingerprint density at radius 1 is 1.39 bits per heavy atom. The molecular weight excluding hydrogens is 226 g/mol. The van der Waals surface area contributed by atoms with Crippen molar-refractivity contribution in [2.45, 2.75) is 45.6 Å². The van der Waals surface area contributed by atoms with Crippen LogP contribution in [0.15, 0.2) is 24.3 Å². The Morgan fingerprint density at radius 2 is 2.11 bits per heavy atom. The number of hydrogen-bond donors (Lipinski definition) is 2. The first-order chi connectivity index (χ1) is 8.66. The zero-order valence-corrected chi connectivity index (χ0v) is 10.9. The minimum absolute atomic E-state index is 0.142. The van der Waals surface area contributed by atoms with Gasteiger partial charge in [-0.05, 0) is 37.0 Å². The molecule has 2 N–H and O–H groups in total. The van der Waals surface area contributed by atoms with Gasteiger partial charge in [-0.15, -0.1) is 0 Å². The van der Waals surface area contributed by atoms with Crippen LogP contribution in [-0.4, -0.2) is 11.0 Å². The zero-order valence-electron chi connectivity index (χ0n) is 10.9. The van der Waals surface area contributed by atoms with Gasteiger partial charge >= 0.3 is 0 Å². The van der Waals surface area contributed by atoms with Crippen LogP contribution in [0.25, 0.3) is 0 Å². The van der Waals surface area contributed by atoms with E-state index >= 15 is 0 Å². The molecule has 0 heterocycles. The molecule has 1 amide bonds. The molecule has 1 saturated carbocycles. The summed E-state index contributed by atoms with van der Waals surface area (Å²) in [6.45, 7) is 2.59. The summed E-state index contributed by atoms with van der Waals surface area (Å²) in [4.78, 5) is 12.3. The lowest BCUT2D eigenvalue weighted by Crippen LogP contribution is -2.38. The molecular formula is C15H21NO2. The molecule has 1 aliphatic rings. The van der Waals surface area contributed by atoms with E-state index in [1.54, 1.807) is 18.2 Å². The number of carbonyl (C=O) groups excluding carboxylic acids is 1.